The third-order valence-corrected chi connectivity index (χ3v) is 4.19. The molecule has 0 aromatic carbocycles. The van der Waals surface area contributed by atoms with Crippen molar-refractivity contribution in [1.29, 1.82) is 0 Å². The van der Waals surface area contributed by atoms with Gasteiger partial charge >= 0.3 is 0 Å². The molecule has 1 rings (SSSR count). The van der Waals surface area contributed by atoms with Crippen molar-refractivity contribution >= 4 is 16.9 Å². The number of rotatable bonds is 5. The molecule has 16 heavy (non-hydrogen) atoms. The van der Waals surface area contributed by atoms with Crippen LogP contribution in [0.15, 0.2) is 4.99 Å². The number of aliphatic imine (C=N–C) groups is 1. The second kappa shape index (κ2) is 6.53. The Hall–Kier alpha value is -0.180. The van der Waals surface area contributed by atoms with Crippen LogP contribution < -0.4 is 5.32 Å². The van der Waals surface area contributed by atoms with Crippen LogP contribution >= 0.6 is 11.8 Å². The molecule has 1 unspecified atom stereocenters. The minimum Gasteiger partial charge on any atom is -0.360 e. The van der Waals surface area contributed by atoms with Crippen LogP contribution in [0.2, 0.25) is 0 Å². The molecule has 1 aliphatic heterocycles. The van der Waals surface area contributed by atoms with Crippen LogP contribution in [-0.2, 0) is 0 Å². The molecule has 1 N–H and O–H groups in total. The summed E-state index contributed by atoms with van der Waals surface area (Å²) >= 11 is 1.88. The molecular weight excluding hydrogens is 216 g/mol. The van der Waals surface area contributed by atoms with Crippen LogP contribution in [-0.4, -0.2) is 23.0 Å². The fourth-order valence-corrected chi connectivity index (χ4v) is 3.01. The molecule has 1 fully saturated rings. The van der Waals surface area contributed by atoms with E-state index >= 15 is 0 Å². The quantitative estimate of drug-likeness (QED) is 0.744. The highest BCUT2D eigenvalue weighted by atomic mass is 32.2. The van der Waals surface area contributed by atoms with Gasteiger partial charge in [0.25, 0.3) is 0 Å². The highest BCUT2D eigenvalue weighted by molar-refractivity contribution is 8.13. The summed E-state index contributed by atoms with van der Waals surface area (Å²) in [5.74, 6) is 2.01. The number of hydrogen-bond acceptors (Lipinski definition) is 2. The Morgan fingerprint density at radius 1 is 1.50 bits per heavy atom. The molecular formula is C13H26N2S. The number of nitrogens with one attached hydrogen (secondary N) is 1. The minimum atomic E-state index is 0.280. The molecule has 0 saturated carbocycles. The molecule has 1 aliphatic rings. The molecule has 1 heterocycles. The van der Waals surface area contributed by atoms with Crippen LogP contribution in [0.25, 0.3) is 0 Å². The standard InChI is InChI=1S/C13H26N2S/c1-5-13(4)8-10-16-12(15-13)14-9-6-7-11(2)3/h11H,5-10H2,1-4H3,(H,14,15). The van der Waals surface area contributed by atoms with E-state index in [-0.39, 0.29) is 5.54 Å². The third-order valence-electron chi connectivity index (χ3n) is 3.28. The van der Waals surface area contributed by atoms with E-state index < -0.39 is 0 Å². The van der Waals surface area contributed by atoms with Crippen molar-refractivity contribution in [3.63, 3.8) is 0 Å². The van der Waals surface area contributed by atoms with E-state index in [0.717, 1.165) is 12.5 Å². The molecule has 2 nitrogen and oxygen atoms in total. The molecule has 1 atom stereocenters. The maximum atomic E-state index is 4.67. The van der Waals surface area contributed by atoms with Crippen LogP contribution in [0.4, 0.5) is 0 Å². The first-order chi connectivity index (χ1) is 7.56. The zero-order valence-corrected chi connectivity index (χ0v) is 12.0. The van der Waals surface area contributed by atoms with Gasteiger partial charge in [0.15, 0.2) is 5.17 Å². The van der Waals surface area contributed by atoms with Gasteiger partial charge in [0.1, 0.15) is 0 Å². The van der Waals surface area contributed by atoms with Crippen molar-refractivity contribution in [2.24, 2.45) is 10.9 Å². The summed E-state index contributed by atoms with van der Waals surface area (Å²) in [5, 5.41) is 4.75. The lowest BCUT2D eigenvalue weighted by Gasteiger charge is -2.35. The van der Waals surface area contributed by atoms with Crippen molar-refractivity contribution in [1.82, 2.24) is 5.32 Å². The molecule has 1 saturated heterocycles. The van der Waals surface area contributed by atoms with Crippen LogP contribution in [0.5, 0.6) is 0 Å². The Morgan fingerprint density at radius 3 is 2.88 bits per heavy atom. The summed E-state index contributed by atoms with van der Waals surface area (Å²) in [5.41, 5.74) is 0.280. The van der Waals surface area contributed by atoms with E-state index in [1.165, 1.54) is 36.6 Å². The maximum absolute atomic E-state index is 4.67. The maximum Gasteiger partial charge on any atom is 0.156 e. The molecule has 0 bridgehead atoms. The van der Waals surface area contributed by atoms with E-state index in [4.69, 9.17) is 0 Å². The summed E-state index contributed by atoms with van der Waals surface area (Å²) in [6.07, 6.45) is 4.93. The predicted molar refractivity (Wildman–Crippen MR) is 75.3 cm³/mol. The molecule has 3 heteroatoms. The first-order valence-electron chi connectivity index (χ1n) is 6.51. The van der Waals surface area contributed by atoms with E-state index in [9.17, 15) is 0 Å². The lowest BCUT2D eigenvalue weighted by atomic mass is 9.96. The molecule has 0 aromatic rings. The zero-order valence-electron chi connectivity index (χ0n) is 11.2. The summed E-state index contributed by atoms with van der Waals surface area (Å²) in [7, 11) is 0. The number of thioether (sulfide) groups is 1. The van der Waals surface area contributed by atoms with Gasteiger partial charge in [-0.25, -0.2) is 0 Å². The van der Waals surface area contributed by atoms with Gasteiger partial charge in [0, 0.05) is 17.8 Å². The monoisotopic (exact) mass is 242 g/mol. The number of hydrogen-bond donors (Lipinski definition) is 1. The van der Waals surface area contributed by atoms with Crippen molar-refractivity contribution in [2.75, 3.05) is 12.3 Å². The van der Waals surface area contributed by atoms with Gasteiger partial charge in [0.05, 0.1) is 0 Å². The SMILES string of the molecule is CCC1(C)CCSC(=NCCCC(C)C)N1. The average Bonchev–Trinajstić information content (AvgIpc) is 2.24. The van der Waals surface area contributed by atoms with Gasteiger partial charge in [0.2, 0.25) is 0 Å². The Balaban J connectivity index is 2.33. The lowest BCUT2D eigenvalue weighted by molar-refractivity contribution is 0.389. The molecule has 0 aliphatic carbocycles. The molecule has 0 radical (unpaired) electrons. The summed E-state index contributed by atoms with van der Waals surface area (Å²) in [6, 6.07) is 0. The van der Waals surface area contributed by atoms with Crippen molar-refractivity contribution < 1.29 is 0 Å². The van der Waals surface area contributed by atoms with Crippen LogP contribution in [0.3, 0.4) is 0 Å². The van der Waals surface area contributed by atoms with Crippen LogP contribution in [0, 0.1) is 5.92 Å². The van der Waals surface area contributed by atoms with Crippen molar-refractivity contribution in [3.8, 4) is 0 Å². The third kappa shape index (κ3) is 4.77. The second-order valence-electron chi connectivity index (χ2n) is 5.36. The van der Waals surface area contributed by atoms with Gasteiger partial charge < -0.3 is 5.32 Å². The van der Waals surface area contributed by atoms with Gasteiger partial charge in [-0.15, -0.1) is 0 Å². The first-order valence-corrected chi connectivity index (χ1v) is 7.50. The smallest absolute Gasteiger partial charge is 0.156 e. The molecule has 0 aromatic heterocycles. The predicted octanol–water partition coefficient (Wildman–Crippen LogP) is 3.67. The highest BCUT2D eigenvalue weighted by Crippen LogP contribution is 2.24. The topological polar surface area (TPSA) is 24.4 Å². The number of nitrogens with zero attached hydrogens (tertiary/aromatic N) is 1. The Kier molecular flexibility index (Phi) is 5.67. The normalized spacial score (nSPS) is 28.4. The zero-order chi connectivity index (χ0) is 12.0. The van der Waals surface area contributed by atoms with E-state index in [1.807, 2.05) is 11.8 Å². The van der Waals surface area contributed by atoms with E-state index in [1.54, 1.807) is 0 Å². The summed E-state index contributed by atoms with van der Waals surface area (Å²) in [4.78, 5) is 4.67. The van der Waals surface area contributed by atoms with Gasteiger partial charge in [-0.3, -0.25) is 4.99 Å². The Morgan fingerprint density at radius 2 is 2.25 bits per heavy atom. The van der Waals surface area contributed by atoms with Crippen LogP contribution in [0.1, 0.15) is 53.4 Å². The molecule has 0 amide bonds. The molecule has 94 valence electrons. The Bertz CT molecular complexity index is 238. The minimum absolute atomic E-state index is 0.280. The van der Waals surface area contributed by atoms with Gasteiger partial charge in [-0.2, -0.15) is 0 Å². The average molecular weight is 242 g/mol. The second-order valence-corrected chi connectivity index (χ2v) is 6.44. The lowest BCUT2D eigenvalue weighted by Crippen LogP contribution is -2.48. The van der Waals surface area contributed by atoms with Crippen molar-refractivity contribution in [3.05, 3.63) is 0 Å². The van der Waals surface area contributed by atoms with E-state index in [2.05, 4.69) is 38.0 Å². The fourth-order valence-electron chi connectivity index (χ4n) is 1.76. The van der Waals surface area contributed by atoms with Crippen molar-refractivity contribution in [2.45, 2.75) is 58.9 Å². The fraction of sp³-hybridized carbons (Fsp3) is 0.923. The highest BCUT2D eigenvalue weighted by Gasteiger charge is 2.27. The number of amidine groups is 1. The largest absolute Gasteiger partial charge is 0.360 e. The Labute approximate surface area is 105 Å². The van der Waals surface area contributed by atoms with Gasteiger partial charge in [-0.1, -0.05) is 32.5 Å². The molecule has 0 spiro atoms. The van der Waals surface area contributed by atoms with E-state index in [0.29, 0.717) is 0 Å². The summed E-state index contributed by atoms with van der Waals surface area (Å²) in [6.45, 7) is 10.1. The van der Waals surface area contributed by atoms with Gasteiger partial charge in [-0.05, 0) is 38.5 Å². The first kappa shape index (κ1) is 13.9. The summed E-state index contributed by atoms with van der Waals surface area (Å²) < 4.78 is 0.